The summed E-state index contributed by atoms with van der Waals surface area (Å²) in [6.07, 6.45) is 1.51. The summed E-state index contributed by atoms with van der Waals surface area (Å²) in [5.74, 6) is 0.322. The molecule has 0 amide bonds. The van der Waals surface area contributed by atoms with Gasteiger partial charge in [0.2, 0.25) is 0 Å². The van der Waals surface area contributed by atoms with Crippen LogP contribution in [0.3, 0.4) is 0 Å². The second kappa shape index (κ2) is 5.75. The van der Waals surface area contributed by atoms with Crippen LogP contribution in [0.25, 0.3) is 0 Å². The number of hydrogen-bond acceptors (Lipinski definition) is 3. The minimum atomic E-state index is 0.322. The van der Waals surface area contributed by atoms with Crippen molar-refractivity contribution in [1.29, 1.82) is 5.41 Å². The van der Waals surface area contributed by atoms with E-state index in [4.69, 9.17) is 5.41 Å². The molecule has 2 nitrogen and oxygen atoms in total. The van der Waals surface area contributed by atoms with E-state index in [1.54, 1.807) is 0 Å². The van der Waals surface area contributed by atoms with Crippen LogP contribution in [0, 0.1) is 11.3 Å². The molecule has 0 aliphatic heterocycles. The Hall–Kier alpha value is -0.830. The molecule has 0 aromatic heterocycles. The monoisotopic (exact) mass is 196 g/mol. The van der Waals surface area contributed by atoms with Gasteiger partial charge in [0.25, 0.3) is 0 Å². The van der Waals surface area contributed by atoms with Crippen molar-refractivity contribution in [3.8, 4) is 0 Å². The van der Waals surface area contributed by atoms with Crippen LogP contribution in [-0.2, 0) is 0 Å². The molecule has 0 atom stereocenters. The Morgan fingerprint density at radius 2 is 2.08 bits per heavy atom. The molecule has 0 unspecified atom stereocenters. The van der Waals surface area contributed by atoms with E-state index in [0.717, 1.165) is 10.6 Å². The molecule has 0 bridgehead atoms. The highest BCUT2D eigenvalue weighted by atomic mass is 32.2. The molecule has 0 aliphatic rings. The molecule has 0 radical (unpaired) electrons. The van der Waals surface area contributed by atoms with Gasteiger partial charge < -0.3 is 0 Å². The Morgan fingerprint density at radius 3 is 2.38 bits per heavy atom. The van der Waals surface area contributed by atoms with E-state index < -0.39 is 0 Å². The van der Waals surface area contributed by atoms with E-state index in [9.17, 15) is 0 Å². The normalized spacial score (nSPS) is 11.5. The second-order valence-electron chi connectivity index (χ2n) is 3.02. The molecule has 0 saturated heterocycles. The molecule has 13 heavy (non-hydrogen) atoms. The largest absolute Gasteiger partial charge is 0.293 e. The molecular formula is C10H16N2S. The number of rotatable bonds is 3. The van der Waals surface area contributed by atoms with Gasteiger partial charge in [-0.1, -0.05) is 38.8 Å². The van der Waals surface area contributed by atoms with Crippen molar-refractivity contribution in [2.45, 2.75) is 20.8 Å². The van der Waals surface area contributed by atoms with Crippen molar-refractivity contribution < 1.29 is 0 Å². The molecule has 0 spiro atoms. The Morgan fingerprint density at radius 1 is 1.54 bits per heavy atom. The predicted molar refractivity (Wildman–Crippen MR) is 62.6 cm³/mol. The van der Waals surface area contributed by atoms with Gasteiger partial charge >= 0.3 is 0 Å². The van der Waals surface area contributed by atoms with Crippen LogP contribution in [0.4, 0.5) is 0 Å². The highest BCUT2D eigenvalue weighted by Gasteiger charge is 2.09. The fraction of sp³-hybridized carbons (Fsp3) is 0.400. The number of hydrogen-bond donors (Lipinski definition) is 1. The third-order valence-corrected chi connectivity index (χ3v) is 2.65. The Kier molecular flexibility index (Phi) is 5.39. The zero-order valence-electron chi connectivity index (χ0n) is 8.42. The number of nitrogens with zero attached hydrogens (tertiary/aromatic N) is 1. The quantitative estimate of drug-likeness (QED) is 0.544. The highest BCUT2D eigenvalue weighted by molar-refractivity contribution is 8.26. The van der Waals surface area contributed by atoms with Crippen molar-refractivity contribution in [1.82, 2.24) is 0 Å². The van der Waals surface area contributed by atoms with Crippen LogP contribution < -0.4 is 0 Å². The minimum absolute atomic E-state index is 0.322. The maximum absolute atomic E-state index is 7.59. The maximum atomic E-state index is 7.59. The average Bonchev–Trinajstić information content (AvgIpc) is 2.03. The molecule has 0 heterocycles. The van der Waals surface area contributed by atoms with Crippen molar-refractivity contribution in [3.05, 3.63) is 24.9 Å². The maximum Gasteiger partial charge on any atom is 0.0952 e. The first-order valence-corrected chi connectivity index (χ1v) is 4.91. The third kappa shape index (κ3) is 4.68. The van der Waals surface area contributed by atoms with E-state index in [-0.39, 0.29) is 0 Å². The summed E-state index contributed by atoms with van der Waals surface area (Å²) < 4.78 is 0. The number of aliphatic imine (C=N–C) groups is 1. The van der Waals surface area contributed by atoms with Gasteiger partial charge in [0.1, 0.15) is 0 Å². The van der Waals surface area contributed by atoms with Crippen LogP contribution in [0.5, 0.6) is 0 Å². The van der Waals surface area contributed by atoms with Gasteiger partial charge in [-0.25, -0.2) is 0 Å². The summed E-state index contributed by atoms with van der Waals surface area (Å²) in [5.41, 5.74) is 0.766. The average molecular weight is 196 g/mol. The highest BCUT2D eigenvalue weighted by Crippen LogP contribution is 2.17. The van der Waals surface area contributed by atoms with E-state index in [1.807, 2.05) is 20.8 Å². The summed E-state index contributed by atoms with van der Waals surface area (Å²) in [6.45, 7) is 13.1. The van der Waals surface area contributed by atoms with Crippen molar-refractivity contribution in [3.63, 3.8) is 0 Å². The van der Waals surface area contributed by atoms with Crippen molar-refractivity contribution >= 4 is 21.8 Å². The molecule has 0 saturated carbocycles. The molecule has 0 aromatic carbocycles. The zero-order valence-corrected chi connectivity index (χ0v) is 9.24. The smallest absolute Gasteiger partial charge is 0.0952 e. The third-order valence-electron chi connectivity index (χ3n) is 1.31. The van der Waals surface area contributed by atoms with Gasteiger partial charge in [-0.3, -0.25) is 10.4 Å². The van der Waals surface area contributed by atoms with Gasteiger partial charge in [0.15, 0.2) is 0 Å². The second-order valence-corrected chi connectivity index (χ2v) is 4.05. The summed E-state index contributed by atoms with van der Waals surface area (Å²) in [7, 11) is 0. The van der Waals surface area contributed by atoms with Crippen LogP contribution >= 0.6 is 11.8 Å². The first-order valence-electron chi connectivity index (χ1n) is 4.10. The lowest BCUT2D eigenvalue weighted by atomic mass is 10.2. The molecule has 3 heteroatoms. The first-order chi connectivity index (χ1) is 5.99. The SMILES string of the molecule is C=CN=C(SC(=N)C(=C)C)C(C)C. The van der Waals surface area contributed by atoms with Gasteiger partial charge in [0, 0.05) is 12.1 Å². The van der Waals surface area contributed by atoms with Gasteiger partial charge in [-0.05, 0) is 12.5 Å². The summed E-state index contributed by atoms with van der Waals surface area (Å²) >= 11 is 1.35. The van der Waals surface area contributed by atoms with Gasteiger partial charge in [-0.2, -0.15) is 0 Å². The minimum Gasteiger partial charge on any atom is -0.293 e. The fourth-order valence-corrected chi connectivity index (χ4v) is 1.32. The van der Waals surface area contributed by atoms with Gasteiger partial charge in [0.05, 0.1) is 10.1 Å². The van der Waals surface area contributed by atoms with Crippen LogP contribution in [-0.4, -0.2) is 10.1 Å². The van der Waals surface area contributed by atoms with E-state index in [2.05, 4.69) is 18.2 Å². The lowest BCUT2D eigenvalue weighted by molar-refractivity contribution is 0.901. The lowest BCUT2D eigenvalue weighted by Gasteiger charge is -2.08. The molecule has 0 rings (SSSR count). The summed E-state index contributed by atoms with van der Waals surface area (Å²) in [6, 6.07) is 0. The molecular weight excluding hydrogens is 180 g/mol. The van der Waals surface area contributed by atoms with Crippen LogP contribution in [0.15, 0.2) is 29.9 Å². The fourth-order valence-electron chi connectivity index (χ4n) is 0.575. The Balaban J connectivity index is 4.45. The van der Waals surface area contributed by atoms with Crippen molar-refractivity contribution in [2.75, 3.05) is 0 Å². The molecule has 0 fully saturated rings. The lowest BCUT2D eigenvalue weighted by Crippen LogP contribution is -2.06. The summed E-state index contributed by atoms with van der Waals surface area (Å²) in [5, 5.41) is 8.97. The predicted octanol–water partition coefficient (Wildman–Crippen LogP) is 3.47. The number of thioether (sulfide) groups is 1. The Labute approximate surface area is 84.3 Å². The van der Waals surface area contributed by atoms with E-state index >= 15 is 0 Å². The first kappa shape index (κ1) is 12.2. The zero-order chi connectivity index (χ0) is 10.4. The topological polar surface area (TPSA) is 36.2 Å². The Bertz CT molecular complexity index is 252. The summed E-state index contributed by atoms with van der Waals surface area (Å²) in [4.78, 5) is 4.11. The molecule has 0 aromatic rings. The molecule has 72 valence electrons. The molecule has 1 N–H and O–H groups in total. The van der Waals surface area contributed by atoms with Crippen molar-refractivity contribution in [2.24, 2.45) is 10.9 Å². The van der Waals surface area contributed by atoms with Crippen LogP contribution in [0.1, 0.15) is 20.8 Å². The standard InChI is InChI=1S/C10H16N2S/c1-6-12-10(8(4)5)13-9(11)7(2)3/h6,8,11H,1-2H2,3-5H3. The van der Waals surface area contributed by atoms with E-state index in [1.165, 1.54) is 18.0 Å². The molecule has 0 aliphatic carbocycles. The van der Waals surface area contributed by atoms with Crippen LogP contribution in [0.2, 0.25) is 0 Å². The van der Waals surface area contributed by atoms with Gasteiger partial charge in [-0.15, -0.1) is 0 Å². The van der Waals surface area contributed by atoms with E-state index in [0.29, 0.717) is 11.0 Å². The number of nitrogens with one attached hydrogen (secondary N) is 1.